The Morgan fingerprint density at radius 1 is 1.00 bits per heavy atom. The van der Waals surface area contributed by atoms with Crippen molar-refractivity contribution in [3.05, 3.63) is 65.5 Å². The Labute approximate surface area is 160 Å². The third kappa shape index (κ3) is 5.09. The highest BCUT2D eigenvalue weighted by molar-refractivity contribution is 7.85. The van der Waals surface area contributed by atoms with Crippen LogP contribution in [0.15, 0.2) is 47.4 Å². The van der Waals surface area contributed by atoms with Gasteiger partial charge in [0.2, 0.25) is 0 Å². The van der Waals surface area contributed by atoms with Gasteiger partial charge in [-0.25, -0.2) is 13.2 Å². The van der Waals surface area contributed by atoms with Gasteiger partial charge >= 0.3 is 0 Å². The molecule has 1 saturated heterocycles. The summed E-state index contributed by atoms with van der Waals surface area (Å²) < 4.78 is 52.9. The van der Waals surface area contributed by atoms with Gasteiger partial charge in [-0.1, -0.05) is 18.2 Å². The Morgan fingerprint density at radius 2 is 1.69 bits per heavy atom. The summed E-state index contributed by atoms with van der Waals surface area (Å²) in [5, 5.41) is -0.0595. The second-order valence-electron chi connectivity index (χ2n) is 6.25. The molecule has 0 spiro atoms. The largest absolute Gasteiger partial charge is 0.303 e. The van der Waals surface area contributed by atoms with E-state index >= 15 is 0 Å². The Balaban J connectivity index is 0.00000243. The summed E-state index contributed by atoms with van der Waals surface area (Å²) in [5.41, 5.74) is 0.499. The van der Waals surface area contributed by atoms with Crippen molar-refractivity contribution >= 4 is 23.2 Å². The molecule has 0 aliphatic carbocycles. The molecule has 1 aliphatic heterocycles. The van der Waals surface area contributed by atoms with Crippen molar-refractivity contribution in [1.29, 1.82) is 0 Å². The monoisotopic (exact) mass is 403 g/mol. The van der Waals surface area contributed by atoms with Crippen molar-refractivity contribution in [2.45, 2.75) is 29.4 Å². The normalized spacial score (nSPS) is 16.9. The Morgan fingerprint density at radius 3 is 2.35 bits per heavy atom. The molecule has 1 heterocycles. The van der Waals surface area contributed by atoms with Crippen LogP contribution >= 0.6 is 12.4 Å². The molecule has 1 unspecified atom stereocenters. The molecule has 1 atom stereocenters. The van der Waals surface area contributed by atoms with E-state index in [9.17, 15) is 17.4 Å². The third-order valence-corrected chi connectivity index (χ3v) is 6.44. The molecular formula is C19H21ClF3NOS. The summed E-state index contributed by atoms with van der Waals surface area (Å²) in [6.07, 6.45) is 1.94. The molecule has 1 aliphatic rings. The lowest BCUT2D eigenvalue weighted by molar-refractivity contribution is 0.233. The van der Waals surface area contributed by atoms with Gasteiger partial charge in [0.25, 0.3) is 0 Å². The minimum Gasteiger partial charge on any atom is -0.303 e. The van der Waals surface area contributed by atoms with E-state index in [1.165, 1.54) is 18.2 Å². The van der Waals surface area contributed by atoms with Crippen molar-refractivity contribution in [2.75, 3.05) is 19.6 Å². The van der Waals surface area contributed by atoms with Crippen LogP contribution in [0.2, 0.25) is 0 Å². The van der Waals surface area contributed by atoms with Crippen LogP contribution in [0.5, 0.6) is 0 Å². The molecule has 2 aromatic carbocycles. The fourth-order valence-corrected chi connectivity index (χ4v) is 4.61. The molecule has 0 radical (unpaired) electrons. The molecule has 0 N–H and O–H groups in total. The van der Waals surface area contributed by atoms with Crippen LogP contribution in [0.25, 0.3) is 0 Å². The summed E-state index contributed by atoms with van der Waals surface area (Å²) in [4.78, 5) is 2.45. The molecule has 0 aromatic heterocycles. The van der Waals surface area contributed by atoms with Crippen LogP contribution in [-0.4, -0.2) is 34.0 Å². The van der Waals surface area contributed by atoms with E-state index in [0.717, 1.165) is 19.2 Å². The maximum absolute atomic E-state index is 13.8. The number of benzene rings is 2. The minimum atomic E-state index is -1.35. The first-order valence-corrected chi connectivity index (χ1v) is 9.57. The molecule has 3 rings (SSSR count). The topological polar surface area (TPSA) is 20.3 Å². The van der Waals surface area contributed by atoms with Crippen molar-refractivity contribution in [3.8, 4) is 0 Å². The van der Waals surface area contributed by atoms with E-state index in [1.807, 2.05) is 0 Å². The van der Waals surface area contributed by atoms with Gasteiger partial charge in [-0.15, -0.1) is 12.4 Å². The van der Waals surface area contributed by atoms with E-state index in [4.69, 9.17) is 0 Å². The zero-order chi connectivity index (χ0) is 17.8. The quantitative estimate of drug-likeness (QED) is 0.740. The first kappa shape index (κ1) is 20.9. The molecule has 0 bridgehead atoms. The van der Waals surface area contributed by atoms with Crippen molar-refractivity contribution in [2.24, 2.45) is 0 Å². The summed E-state index contributed by atoms with van der Waals surface area (Å²) in [7, 11) is -1.35. The second kappa shape index (κ2) is 9.53. The van der Waals surface area contributed by atoms with Gasteiger partial charge in [0.15, 0.2) is 0 Å². The second-order valence-corrected chi connectivity index (χ2v) is 7.96. The van der Waals surface area contributed by atoms with Crippen molar-refractivity contribution < 1.29 is 17.4 Å². The van der Waals surface area contributed by atoms with E-state index < -0.39 is 28.3 Å². The van der Waals surface area contributed by atoms with Crippen LogP contribution in [0.1, 0.15) is 18.4 Å². The molecule has 2 aromatic rings. The molecule has 26 heavy (non-hydrogen) atoms. The molecule has 1 fully saturated rings. The SMILES string of the molecule is Cl.O=S(c1ccccc1F)C1CCN(CCc2ccc(F)cc2F)CC1. The predicted octanol–water partition coefficient (Wildman–Crippen LogP) is 4.34. The maximum Gasteiger partial charge on any atom is 0.139 e. The lowest BCUT2D eigenvalue weighted by atomic mass is 10.1. The number of likely N-dealkylation sites (tertiary alicyclic amines) is 1. The zero-order valence-corrected chi connectivity index (χ0v) is 15.8. The average Bonchev–Trinajstić information content (AvgIpc) is 2.61. The highest BCUT2D eigenvalue weighted by atomic mass is 35.5. The van der Waals surface area contributed by atoms with Gasteiger partial charge in [0.1, 0.15) is 17.5 Å². The van der Waals surface area contributed by atoms with E-state index in [0.29, 0.717) is 31.4 Å². The van der Waals surface area contributed by atoms with Gasteiger partial charge in [-0.05, 0) is 56.1 Å². The summed E-state index contributed by atoms with van der Waals surface area (Å²) in [5.74, 6) is -1.51. The number of halogens is 4. The first-order valence-electron chi connectivity index (χ1n) is 8.36. The van der Waals surface area contributed by atoms with Crippen LogP contribution in [0.3, 0.4) is 0 Å². The average molecular weight is 404 g/mol. The van der Waals surface area contributed by atoms with E-state index in [-0.39, 0.29) is 22.6 Å². The van der Waals surface area contributed by atoms with Crippen molar-refractivity contribution in [1.82, 2.24) is 4.90 Å². The summed E-state index contributed by atoms with van der Waals surface area (Å²) in [6.45, 7) is 2.16. The smallest absolute Gasteiger partial charge is 0.139 e. The standard InChI is InChI=1S/C19H20F3NOS.ClH/c20-15-6-5-14(18(22)13-15)7-10-23-11-8-16(9-12-23)25(24)19-4-2-1-3-17(19)21;/h1-6,13,16H,7-12H2;1H. The molecular weight excluding hydrogens is 383 g/mol. The Kier molecular flexibility index (Phi) is 7.68. The highest BCUT2D eigenvalue weighted by Crippen LogP contribution is 2.23. The van der Waals surface area contributed by atoms with Crippen LogP contribution < -0.4 is 0 Å². The van der Waals surface area contributed by atoms with Gasteiger partial charge in [0, 0.05) is 17.9 Å². The van der Waals surface area contributed by atoms with Crippen LogP contribution in [-0.2, 0) is 17.2 Å². The van der Waals surface area contributed by atoms with Gasteiger partial charge < -0.3 is 4.90 Å². The predicted molar refractivity (Wildman–Crippen MR) is 99.6 cm³/mol. The zero-order valence-electron chi connectivity index (χ0n) is 14.2. The fourth-order valence-electron chi connectivity index (χ4n) is 3.14. The fraction of sp³-hybridized carbons (Fsp3) is 0.368. The van der Waals surface area contributed by atoms with Crippen molar-refractivity contribution in [3.63, 3.8) is 0 Å². The Hall–Kier alpha value is -1.37. The lowest BCUT2D eigenvalue weighted by Gasteiger charge is -2.31. The maximum atomic E-state index is 13.8. The third-order valence-electron chi connectivity index (χ3n) is 4.60. The highest BCUT2D eigenvalue weighted by Gasteiger charge is 2.26. The summed E-state index contributed by atoms with van der Waals surface area (Å²) in [6, 6.07) is 9.84. The van der Waals surface area contributed by atoms with Gasteiger partial charge in [-0.3, -0.25) is 4.21 Å². The first-order chi connectivity index (χ1) is 12.0. The molecule has 142 valence electrons. The van der Waals surface area contributed by atoms with E-state index in [1.54, 1.807) is 18.2 Å². The molecule has 2 nitrogen and oxygen atoms in total. The van der Waals surface area contributed by atoms with Gasteiger partial charge in [0.05, 0.1) is 15.7 Å². The number of hydrogen-bond donors (Lipinski definition) is 0. The molecule has 0 saturated carbocycles. The van der Waals surface area contributed by atoms with Gasteiger partial charge in [-0.2, -0.15) is 0 Å². The van der Waals surface area contributed by atoms with E-state index in [2.05, 4.69) is 4.90 Å². The number of nitrogens with zero attached hydrogens (tertiary/aromatic N) is 1. The lowest BCUT2D eigenvalue weighted by Crippen LogP contribution is -2.38. The molecule has 7 heteroatoms. The summed E-state index contributed by atoms with van der Waals surface area (Å²) >= 11 is 0. The molecule has 0 amide bonds. The van der Waals surface area contributed by atoms with Crippen LogP contribution in [0, 0.1) is 17.5 Å². The Bertz CT molecular complexity index is 766. The number of piperidine rings is 1. The number of rotatable bonds is 5. The minimum absolute atomic E-state index is 0. The van der Waals surface area contributed by atoms with Crippen LogP contribution in [0.4, 0.5) is 13.2 Å². The number of hydrogen-bond acceptors (Lipinski definition) is 2.